The van der Waals surface area contributed by atoms with Crippen LogP contribution in [0.15, 0.2) is 33.7 Å². The molecule has 0 fully saturated rings. The average Bonchev–Trinajstić information content (AvgIpc) is 2.93. The quantitative estimate of drug-likeness (QED) is 0.665. The Kier molecular flexibility index (Phi) is 7.11. The SMILES string of the molecule is Cc1noc(C)c1S(=O)(=O)NCCC(=O)NCc1ccc(CN(C)C)cc1. The number of carbonyl (C=O) groups excluding carboxylic acids is 1. The number of hydrogen-bond donors (Lipinski definition) is 2. The first-order valence-electron chi connectivity index (χ1n) is 8.61. The lowest BCUT2D eigenvalue weighted by Gasteiger charge is -2.10. The summed E-state index contributed by atoms with van der Waals surface area (Å²) >= 11 is 0. The Hall–Kier alpha value is -2.23. The van der Waals surface area contributed by atoms with Crippen molar-refractivity contribution < 1.29 is 17.7 Å². The highest BCUT2D eigenvalue weighted by atomic mass is 32.2. The molecule has 0 radical (unpaired) electrons. The fourth-order valence-electron chi connectivity index (χ4n) is 2.65. The maximum absolute atomic E-state index is 12.3. The third kappa shape index (κ3) is 6.16. The molecule has 0 unspecified atom stereocenters. The van der Waals surface area contributed by atoms with Gasteiger partial charge in [0.1, 0.15) is 10.6 Å². The highest BCUT2D eigenvalue weighted by molar-refractivity contribution is 7.89. The molecule has 1 amide bonds. The molecular formula is C18H26N4O4S. The first kappa shape index (κ1) is 21.1. The van der Waals surface area contributed by atoms with Crippen molar-refractivity contribution in [2.75, 3.05) is 20.6 Å². The zero-order valence-electron chi connectivity index (χ0n) is 16.1. The minimum Gasteiger partial charge on any atom is -0.360 e. The molecule has 1 aromatic heterocycles. The zero-order chi connectivity index (χ0) is 20.0. The van der Waals surface area contributed by atoms with Crippen molar-refractivity contribution >= 4 is 15.9 Å². The molecule has 148 valence electrons. The standard InChI is InChI=1S/C18H26N4O4S/c1-13-18(14(2)26-21-13)27(24,25)20-10-9-17(23)19-11-15-5-7-16(8-6-15)12-22(3)4/h5-8,20H,9-12H2,1-4H3,(H,19,23). The van der Waals surface area contributed by atoms with Crippen LogP contribution in [0.25, 0.3) is 0 Å². The number of aryl methyl sites for hydroxylation is 2. The molecule has 27 heavy (non-hydrogen) atoms. The number of hydrogen-bond acceptors (Lipinski definition) is 6. The number of nitrogens with one attached hydrogen (secondary N) is 2. The molecule has 2 aromatic rings. The van der Waals surface area contributed by atoms with Gasteiger partial charge in [0.05, 0.1) is 0 Å². The van der Waals surface area contributed by atoms with Gasteiger partial charge in [-0.25, -0.2) is 13.1 Å². The second-order valence-corrected chi connectivity index (χ2v) is 8.34. The van der Waals surface area contributed by atoms with Crippen LogP contribution >= 0.6 is 0 Å². The van der Waals surface area contributed by atoms with Crippen molar-refractivity contribution in [3.8, 4) is 0 Å². The Labute approximate surface area is 160 Å². The van der Waals surface area contributed by atoms with Crippen LogP contribution in [-0.2, 0) is 27.9 Å². The summed E-state index contributed by atoms with van der Waals surface area (Å²) in [5.74, 6) is -0.00371. The van der Waals surface area contributed by atoms with Crippen LogP contribution in [-0.4, -0.2) is 45.0 Å². The van der Waals surface area contributed by atoms with Crippen LogP contribution in [0, 0.1) is 13.8 Å². The van der Waals surface area contributed by atoms with E-state index in [-0.39, 0.29) is 29.5 Å². The van der Waals surface area contributed by atoms with Gasteiger partial charge in [-0.15, -0.1) is 0 Å². The van der Waals surface area contributed by atoms with Gasteiger partial charge in [-0.2, -0.15) is 0 Å². The molecule has 0 saturated heterocycles. The second-order valence-electron chi connectivity index (χ2n) is 6.63. The van der Waals surface area contributed by atoms with E-state index in [1.54, 1.807) is 6.92 Å². The lowest BCUT2D eigenvalue weighted by atomic mass is 10.1. The van der Waals surface area contributed by atoms with E-state index in [9.17, 15) is 13.2 Å². The topological polar surface area (TPSA) is 105 Å². The fourth-order valence-corrected chi connectivity index (χ4v) is 4.00. The first-order valence-corrected chi connectivity index (χ1v) is 10.1. The molecular weight excluding hydrogens is 368 g/mol. The first-order chi connectivity index (χ1) is 12.7. The number of carbonyl (C=O) groups is 1. The van der Waals surface area contributed by atoms with Crippen LogP contribution in [0.3, 0.4) is 0 Å². The maximum atomic E-state index is 12.3. The van der Waals surface area contributed by atoms with Crippen LogP contribution < -0.4 is 10.0 Å². The molecule has 0 bridgehead atoms. The lowest BCUT2D eigenvalue weighted by molar-refractivity contribution is -0.121. The summed E-state index contributed by atoms with van der Waals surface area (Å²) in [5.41, 5.74) is 2.48. The van der Waals surface area contributed by atoms with E-state index < -0.39 is 10.0 Å². The molecule has 0 aliphatic carbocycles. The molecule has 8 nitrogen and oxygen atoms in total. The maximum Gasteiger partial charge on any atom is 0.245 e. The highest BCUT2D eigenvalue weighted by Crippen LogP contribution is 2.18. The lowest BCUT2D eigenvalue weighted by Crippen LogP contribution is -2.31. The van der Waals surface area contributed by atoms with E-state index in [4.69, 9.17) is 4.52 Å². The normalized spacial score (nSPS) is 11.7. The van der Waals surface area contributed by atoms with Gasteiger partial charge >= 0.3 is 0 Å². The number of sulfonamides is 1. The molecule has 2 N–H and O–H groups in total. The summed E-state index contributed by atoms with van der Waals surface area (Å²) in [5, 5.41) is 6.42. The van der Waals surface area contributed by atoms with E-state index >= 15 is 0 Å². The molecule has 0 atom stereocenters. The number of amides is 1. The van der Waals surface area contributed by atoms with Crippen molar-refractivity contribution in [3.63, 3.8) is 0 Å². The van der Waals surface area contributed by atoms with Gasteiger partial charge in [0, 0.05) is 26.1 Å². The molecule has 2 rings (SSSR count). The van der Waals surface area contributed by atoms with Crippen LogP contribution in [0.5, 0.6) is 0 Å². The van der Waals surface area contributed by atoms with Crippen LogP contribution in [0.4, 0.5) is 0 Å². The van der Waals surface area contributed by atoms with E-state index in [1.165, 1.54) is 12.5 Å². The predicted octanol–water partition coefficient (Wildman–Crippen LogP) is 1.34. The van der Waals surface area contributed by atoms with Crippen molar-refractivity contribution in [2.24, 2.45) is 0 Å². The molecule has 0 saturated carbocycles. The molecule has 1 aromatic carbocycles. The smallest absolute Gasteiger partial charge is 0.245 e. The molecule has 0 aliphatic heterocycles. The Morgan fingerprint density at radius 1 is 1.15 bits per heavy atom. The number of aromatic nitrogens is 1. The minimum absolute atomic E-state index is 0.000000786. The summed E-state index contributed by atoms with van der Waals surface area (Å²) in [6, 6.07) is 8.00. The molecule has 0 aliphatic rings. The molecule has 9 heteroatoms. The zero-order valence-corrected chi connectivity index (χ0v) is 16.9. The summed E-state index contributed by atoms with van der Waals surface area (Å²) in [6.45, 7) is 4.35. The third-order valence-electron chi connectivity index (χ3n) is 3.89. The van der Waals surface area contributed by atoms with Crippen LogP contribution in [0.2, 0.25) is 0 Å². The number of benzene rings is 1. The summed E-state index contributed by atoms with van der Waals surface area (Å²) in [6.07, 6.45) is 0.0430. The van der Waals surface area contributed by atoms with Crippen molar-refractivity contribution in [1.29, 1.82) is 0 Å². The Morgan fingerprint density at radius 3 is 2.33 bits per heavy atom. The predicted molar refractivity (Wildman–Crippen MR) is 101 cm³/mol. The largest absolute Gasteiger partial charge is 0.360 e. The van der Waals surface area contributed by atoms with E-state index in [0.29, 0.717) is 12.2 Å². The van der Waals surface area contributed by atoms with Crippen molar-refractivity contribution in [1.82, 2.24) is 20.1 Å². The summed E-state index contributed by atoms with van der Waals surface area (Å²) < 4.78 is 31.8. The van der Waals surface area contributed by atoms with E-state index in [0.717, 1.165) is 12.1 Å². The second kappa shape index (κ2) is 9.12. The monoisotopic (exact) mass is 394 g/mol. The Bertz CT molecular complexity index is 854. The third-order valence-corrected chi connectivity index (χ3v) is 5.60. The van der Waals surface area contributed by atoms with Gasteiger partial charge in [-0.1, -0.05) is 29.4 Å². The average molecular weight is 394 g/mol. The summed E-state index contributed by atoms with van der Waals surface area (Å²) in [4.78, 5) is 14.1. The van der Waals surface area contributed by atoms with Gasteiger partial charge in [0.25, 0.3) is 0 Å². The Morgan fingerprint density at radius 2 is 1.78 bits per heavy atom. The summed E-state index contributed by atoms with van der Waals surface area (Å²) in [7, 11) is 0.270. The molecule has 0 spiro atoms. The van der Waals surface area contributed by atoms with Gasteiger partial charge in [0.15, 0.2) is 5.76 Å². The van der Waals surface area contributed by atoms with E-state index in [2.05, 4.69) is 20.1 Å². The van der Waals surface area contributed by atoms with Gasteiger partial charge < -0.3 is 14.7 Å². The fraction of sp³-hybridized carbons (Fsp3) is 0.444. The van der Waals surface area contributed by atoms with Crippen molar-refractivity contribution in [3.05, 3.63) is 46.8 Å². The molecule has 1 heterocycles. The van der Waals surface area contributed by atoms with Gasteiger partial charge in [-0.05, 0) is 39.1 Å². The number of rotatable bonds is 9. The van der Waals surface area contributed by atoms with Gasteiger partial charge in [-0.3, -0.25) is 4.79 Å². The van der Waals surface area contributed by atoms with Gasteiger partial charge in [0.2, 0.25) is 15.9 Å². The minimum atomic E-state index is -3.75. The Balaban J connectivity index is 1.78. The van der Waals surface area contributed by atoms with Crippen LogP contribution in [0.1, 0.15) is 29.0 Å². The highest BCUT2D eigenvalue weighted by Gasteiger charge is 2.23. The number of nitrogens with zero attached hydrogens (tertiary/aromatic N) is 2. The van der Waals surface area contributed by atoms with Crippen molar-refractivity contribution in [2.45, 2.75) is 38.3 Å². The van der Waals surface area contributed by atoms with E-state index in [1.807, 2.05) is 38.4 Å².